The van der Waals surface area contributed by atoms with E-state index >= 15 is 0 Å². The lowest BCUT2D eigenvalue weighted by Gasteiger charge is -2.13. The van der Waals surface area contributed by atoms with Crippen molar-refractivity contribution in [1.82, 2.24) is 19.7 Å². The number of nitrogens with zero attached hydrogens (tertiary/aromatic N) is 2. The number of thiazole rings is 1. The summed E-state index contributed by atoms with van der Waals surface area (Å²) >= 11 is 1.44. The molecular formula is C11H16N4O2S2. The summed E-state index contributed by atoms with van der Waals surface area (Å²) in [6, 6.07) is -0.307. The lowest BCUT2D eigenvalue weighted by Crippen LogP contribution is -2.28. The molecule has 0 bridgehead atoms. The molecule has 8 heteroatoms. The highest BCUT2D eigenvalue weighted by Gasteiger charge is 2.23. The molecule has 2 aromatic rings. The van der Waals surface area contributed by atoms with Crippen molar-refractivity contribution in [3.05, 3.63) is 28.6 Å². The van der Waals surface area contributed by atoms with Crippen molar-refractivity contribution in [3.8, 4) is 0 Å². The molecule has 104 valence electrons. The highest BCUT2D eigenvalue weighted by molar-refractivity contribution is 7.89. The van der Waals surface area contributed by atoms with Gasteiger partial charge in [-0.05, 0) is 6.42 Å². The number of imidazole rings is 1. The van der Waals surface area contributed by atoms with E-state index in [9.17, 15) is 8.42 Å². The molecule has 0 spiro atoms. The van der Waals surface area contributed by atoms with Crippen LogP contribution in [0.25, 0.3) is 0 Å². The Hall–Kier alpha value is -1.25. The van der Waals surface area contributed by atoms with Gasteiger partial charge in [-0.2, -0.15) is 4.72 Å². The van der Waals surface area contributed by atoms with Crippen LogP contribution in [-0.2, 0) is 16.4 Å². The molecule has 0 saturated carbocycles. The molecule has 1 unspecified atom stereocenters. The second-order valence-electron chi connectivity index (χ2n) is 4.00. The van der Waals surface area contributed by atoms with E-state index in [-0.39, 0.29) is 11.1 Å². The first kappa shape index (κ1) is 14.2. The molecule has 2 heterocycles. The Kier molecular flexibility index (Phi) is 4.33. The number of hydrogen-bond donors (Lipinski definition) is 2. The predicted octanol–water partition coefficient (Wildman–Crippen LogP) is 1.86. The number of sulfonamides is 1. The molecule has 2 N–H and O–H groups in total. The van der Waals surface area contributed by atoms with Crippen LogP contribution in [0.5, 0.6) is 0 Å². The SMILES string of the molecule is CCc1ncc(S(=O)(=O)NC(CC)c2nccs2)[nH]1. The van der Waals surface area contributed by atoms with Gasteiger partial charge in [0.25, 0.3) is 10.0 Å². The third-order valence-corrected chi connectivity index (χ3v) is 4.96. The van der Waals surface area contributed by atoms with E-state index in [4.69, 9.17) is 0 Å². The number of hydrogen-bond acceptors (Lipinski definition) is 5. The average molecular weight is 300 g/mol. The zero-order chi connectivity index (χ0) is 13.9. The molecule has 0 aliphatic carbocycles. The summed E-state index contributed by atoms with van der Waals surface area (Å²) in [4.78, 5) is 11.0. The largest absolute Gasteiger partial charge is 0.332 e. The minimum absolute atomic E-state index is 0.0966. The van der Waals surface area contributed by atoms with Crippen molar-refractivity contribution in [3.63, 3.8) is 0 Å². The van der Waals surface area contributed by atoms with Crippen LogP contribution in [0, 0.1) is 0 Å². The van der Waals surface area contributed by atoms with Gasteiger partial charge in [0.2, 0.25) is 0 Å². The van der Waals surface area contributed by atoms with Gasteiger partial charge in [0.15, 0.2) is 5.03 Å². The predicted molar refractivity (Wildman–Crippen MR) is 73.4 cm³/mol. The average Bonchev–Trinajstić information content (AvgIpc) is 3.06. The number of aryl methyl sites for hydroxylation is 1. The molecule has 0 radical (unpaired) electrons. The Labute approximate surface area is 116 Å². The fraction of sp³-hybridized carbons (Fsp3) is 0.455. The molecule has 2 aromatic heterocycles. The minimum atomic E-state index is -3.59. The number of aromatic nitrogens is 3. The number of H-pyrrole nitrogens is 1. The molecule has 0 aromatic carbocycles. The summed E-state index contributed by atoms with van der Waals surface area (Å²) in [5.74, 6) is 0.655. The zero-order valence-electron chi connectivity index (χ0n) is 10.8. The quantitative estimate of drug-likeness (QED) is 0.852. The molecule has 0 fully saturated rings. The molecular weight excluding hydrogens is 284 g/mol. The van der Waals surface area contributed by atoms with E-state index in [1.54, 1.807) is 6.20 Å². The summed E-state index contributed by atoms with van der Waals surface area (Å²) < 4.78 is 27.1. The van der Waals surface area contributed by atoms with Crippen LogP contribution in [0.3, 0.4) is 0 Å². The van der Waals surface area contributed by atoms with Crippen molar-refractivity contribution in [2.45, 2.75) is 37.8 Å². The Morgan fingerprint density at radius 2 is 2.21 bits per heavy atom. The zero-order valence-corrected chi connectivity index (χ0v) is 12.4. The fourth-order valence-corrected chi connectivity index (χ4v) is 3.70. The lowest BCUT2D eigenvalue weighted by atomic mass is 10.3. The number of nitrogens with one attached hydrogen (secondary N) is 2. The van der Waals surface area contributed by atoms with Crippen LogP contribution in [0.1, 0.15) is 37.1 Å². The summed E-state index contributed by atoms with van der Waals surface area (Å²) in [5, 5.41) is 2.69. The summed E-state index contributed by atoms with van der Waals surface area (Å²) in [7, 11) is -3.59. The molecule has 0 saturated heterocycles. The summed E-state index contributed by atoms with van der Waals surface area (Å²) in [6.07, 6.45) is 4.32. The molecule has 1 atom stereocenters. The third kappa shape index (κ3) is 3.20. The highest BCUT2D eigenvalue weighted by Crippen LogP contribution is 2.21. The highest BCUT2D eigenvalue weighted by atomic mass is 32.2. The summed E-state index contributed by atoms with van der Waals surface area (Å²) in [6.45, 7) is 3.83. The lowest BCUT2D eigenvalue weighted by molar-refractivity contribution is 0.546. The smallest absolute Gasteiger partial charge is 0.258 e. The Balaban J connectivity index is 2.20. The monoisotopic (exact) mass is 300 g/mol. The van der Waals surface area contributed by atoms with Gasteiger partial charge >= 0.3 is 0 Å². The number of aromatic amines is 1. The van der Waals surface area contributed by atoms with Gasteiger partial charge < -0.3 is 4.98 Å². The first-order valence-corrected chi connectivity index (χ1v) is 8.38. The molecule has 0 aliphatic heterocycles. The van der Waals surface area contributed by atoms with Gasteiger partial charge in [0.05, 0.1) is 12.2 Å². The van der Waals surface area contributed by atoms with Gasteiger partial charge in [-0.3, -0.25) is 0 Å². The van der Waals surface area contributed by atoms with E-state index in [0.717, 1.165) is 5.01 Å². The van der Waals surface area contributed by atoms with Gasteiger partial charge in [-0.15, -0.1) is 11.3 Å². The molecule has 19 heavy (non-hydrogen) atoms. The van der Waals surface area contributed by atoms with E-state index in [2.05, 4.69) is 19.7 Å². The van der Waals surface area contributed by atoms with Crippen molar-refractivity contribution < 1.29 is 8.42 Å². The second kappa shape index (κ2) is 5.81. The van der Waals surface area contributed by atoms with E-state index < -0.39 is 10.0 Å². The van der Waals surface area contributed by atoms with Gasteiger partial charge in [-0.25, -0.2) is 18.4 Å². The maximum atomic E-state index is 12.2. The standard InChI is InChI=1S/C11H16N4O2S2/c1-3-8(11-12-5-6-18-11)15-19(16,17)10-7-13-9(4-2)14-10/h5-8,15H,3-4H2,1-2H3,(H,13,14). The van der Waals surface area contributed by atoms with E-state index in [1.807, 2.05) is 19.2 Å². The maximum absolute atomic E-state index is 12.2. The van der Waals surface area contributed by atoms with Crippen LogP contribution in [0.2, 0.25) is 0 Å². The van der Waals surface area contributed by atoms with E-state index in [0.29, 0.717) is 18.7 Å². The van der Waals surface area contributed by atoms with Crippen LogP contribution in [0.4, 0.5) is 0 Å². The van der Waals surface area contributed by atoms with Crippen molar-refractivity contribution in [2.75, 3.05) is 0 Å². The van der Waals surface area contributed by atoms with Gasteiger partial charge in [0.1, 0.15) is 10.8 Å². The maximum Gasteiger partial charge on any atom is 0.258 e. The van der Waals surface area contributed by atoms with Crippen LogP contribution >= 0.6 is 11.3 Å². The topological polar surface area (TPSA) is 87.7 Å². The third-order valence-electron chi connectivity index (χ3n) is 2.68. The first-order chi connectivity index (χ1) is 9.06. The molecule has 6 nitrogen and oxygen atoms in total. The first-order valence-electron chi connectivity index (χ1n) is 6.02. The van der Waals surface area contributed by atoms with Crippen LogP contribution in [0.15, 0.2) is 22.8 Å². The normalized spacial score (nSPS) is 13.6. The van der Waals surface area contributed by atoms with Gasteiger partial charge in [-0.1, -0.05) is 13.8 Å². The number of rotatable bonds is 6. The Morgan fingerprint density at radius 3 is 2.74 bits per heavy atom. The molecule has 0 amide bonds. The van der Waals surface area contributed by atoms with Crippen LogP contribution < -0.4 is 4.72 Å². The van der Waals surface area contributed by atoms with Crippen molar-refractivity contribution in [1.29, 1.82) is 0 Å². The van der Waals surface area contributed by atoms with Crippen LogP contribution in [-0.4, -0.2) is 23.4 Å². The Morgan fingerprint density at radius 1 is 1.42 bits per heavy atom. The van der Waals surface area contributed by atoms with Crippen molar-refractivity contribution in [2.24, 2.45) is 0 Å². The molecule has 0 aliphatic rings. The second-order valence-corrected chi connectivity index (χ2v) is 6.61. The van der Waals surface area contributed by atoms with Crippen molar-refractivity contribution >= 4 is 21.4 Å². The molecule has 2 rings (SSSR count). The fourth-order valence-electron chi connectivity index (χ4n) is 1.63. The Bertz CT molecular complexity index is 619. The summed E-state index contributed by atoms with van der Waals surface area (Å²) in [5.41, 5.74) is 0. The van der Waals surface area contributed by atoms with Gasteiger partial charge in [0, 0.05) is 18.0 Å². The van der Waals surface area contributed by atoms with E-state index in [1.165, 1.54) is 17.5 Å². The minimum Gasteiger partial charge on any atom is -0.332 e.